The minimum atomic E-state index is -3.53. The van der Waals surface area contributed by atoms with Gasteiger partial charge in [0.25, 0.3) is 0 Å². The first kappa shape index (κ1) is 16.4. The highest BCUT2D eigenvalue weighted by molar-refractivity contribution is 7.88. The Balaban J connectivity index is 2.24. The van der Waals surface area contributed by atoms with E-state index in [0.29, 0.717) is 16.7 Å². The lowest BCUT2D eigenvalue weighted by atomic mass is 9.95. The Morgan fingerprint density at radius 2 is 1.42 bits per heavy atom. The Kier molecular flexibility index (Phi) is 4.26. The standard InChI is InChI=1S/C18H17NO4S/c1-19(24(2,21)22)17-15(13-9-5-3-6-10-13)16(18(20)23-17)14-11-7-4-8-12-14/h3-12,17H,1-2H3/t17-/m0/s1. The summed E-state index contributed by atoms with van der Waals surface area (Å²) in [5.74, 6) is -0.527. The van der Waals surface area contributed by atoms with Gasteiger partial charge < -0.3 is 4.74 Å². The lowest BCUT2D eigenvalue weighted by Crippen LogP contribution is -2.37. The molecule has 0 unspecified atom stereocenters. The Bertz CT molecular complexity index is 889. The van der Waals surface area contributed by atoms with Crippen molar-refractivity contribution in [3.05, 3.63) is 71.8 Å². The van der Waals surface area contributed by atoms with Gasteiger partial charge in [0.15, 0.2) is 6.23 Å². The fourth-order valence-corrected chi connectivity index (χ4v) is 3.16. The van der Waals surface area contributed by atoms with Crippen molar-refractivity contribution in [2.24, 2.45) is 0 Å². The van der Waals surface area contributed by atoms with Gasteiger partial charge in [-0.3, -0.25) is 0 Å². The van der Waals surface area contributed by atoms with Gasteiger partial charge in [0.2, 0.25) is 10.0 Å². The number of hydrogen-bond donors (Lipinski definition) is 0. The number of carbonyl (C=O) groups excluding carboxylic acids is 1. The highest BCUT2D eigenvalue weighted by Gasteiger charge is 2.40. The number of cyclic esters (lactones) is 1. The molecular formula is C18H17NO4S. The number of likely N-dealkylation sites (N-methyl/N-ethyl adjacent to an activating group) is 1. The van der Waals surface area contributed by atoms with E-state index in [1.807, 2.05) is 60.7 Å². The molecule has 1 aliphatic heterocycles. The van der Waals surface area contributed by atoms with E-state index in [4.69, 9.17) is 4.74 Å². The molecular weight excluding hydrogens is 326 g/mol. The van der Waals surface area contributed by atoms with Gasteiger partial charge in [-0.15, -0.1) is 0 Å². The first-order valence-electron chi connectivity index (χ1n) is 7.38. The van der Waals surface area contributed by atoms with E-state index in [1.165, 1.54) is 7.05 Å². The Morgan fingerprint density at radius 1 is 0.917 bits per heavy atom. The second kappa shape index (κ2) is 6.22. The summed E-state index contributed by atoms with van der Waals surface area (Å²) in [5.41, 5.74) is 2.40. The lowest BCUT2D eigenvalue weighted by Gasteiger charge is -2.23. The van der Waals surface area contributed by atoms with Crippen LogP contribution in [0.25, 0.3) is 11.1 Å². The van der Waals surface area contributed by atoms with Gasteiger partial charge in [0.05, 0.1) is 11.8 Å². The van der Waals surface area contributed by atoms with E-state index < -0.39 is 22.2 Å². The van der Waals surface area contributed by atoms with Crippen LogP contribution in [0.15, 0.2) is 60.7 Å². The van der Waals surface area contributed by atoms with Crippen molar-refractivity contribution in [2.75, 3.05) is 13.3 Å². The topological polar surface area (TPSA) is 63.7 Å². The van der Waals surface area contributed by atoms with E-state index >= 15 is 0 Å². The van der Waals surface area contributed by atoms with Gasteiger partial charge in [-0.25, -0.2) is 13.2 Å². The van der Waals surface area contributed by atoms with Crippen LogP contribution in [0.2, 0.25) is 0 Å². The van der Waals surface area contributed by atoms with Crippen LogP contribution in [-0.2, 0) is 19.6 Å². The number of ether oxygens (including phenoxy) is 1. The second-order valence-electron chi connectivity index (χ2n) is 5.56. The number of sulfonamides is 1. The molecule has 0 N–H and O–H groups in total. The van der Waals surface area contributed by atoms with Crippen molar-refractivity contribution < 1.29 is 17.9 Å². The molecule has 0 bridgehead atoms. The van der Waals surface area contributed by atoms with Crippen LogP contribution in [0, 0.1) is 0 Å². The molecule has 124 valence electrons. The highest BCUT2D eigenvalue weighted by Crippen LogP contribution is 2.38. The zero-order chi connectivity index (χ0) is 17.3. The molecule has 0 saturated heterocycles. The number of nitrogens with zero attached hydrogens (tertiary/aromatic N) is 1. The average Bonchev–Trinajstić information content (AvgIpc) is 2.92. The molecule has 2 aromatic rings. The number of hydrogen-bond acceptors (Lipinski definition) is 4. The third kappa shape index (κ3) is 2.98. The number of rotatable bonds is 4. The Labute approximate surface area is 141 Å². The molecule has 0 amide bonds. The first-order valence-corrected chi connectivity index (χ1v) is 9.23. The lowest BCUT2D eigenvalue weighted by molar-refractivity contribution is -0.140. The molecule has 0 aromatic heterocycles. The van der Waals surface area contributed by atoms with Crippen molar-refractivity contribution in [3.8, 4) is 0 Å². The summed E-state index contributed by atoms with van der Waals surface area (Å²) in [7, 11) is -2.13. The van der Waals surface area contributed by atoms with Crippen LogP contribution in [0.1, 0.15) is 11.1 Å². The van der Waals surface area contributed by atoms with Gasteiger partial charge in [-0.2, -0.15) is 4.31 Å². The fraction of sp³-hybridized carbons (Fsp3) is 0.167. The van der Waals surface area contributed by atoms with Crippen molar-refractivity contribution in [2.45, 2.75) is 6.23 Å². The van der Waals surface area contributed by atoms with Crippen LogP contribution in [0.5, 0.6) is 0 Å². The summed E-state index contributed by atoms with van der Waals surface area (Å²) in [5, 5.41) is 0. The Morgan fingerprint density at radius 3 is 1.92 bits per heavy atom. The maximum absolute atomic E-state index is 12.5. The van der Waals surface area contributed by atoms with Gasteiger partial charge >= 0.3 is 5.97 Å². The summed E-state index contributed by atoms with van der Waals surface area (Å²) in [4.78, 5) is 12.5. The van der Waals surface area contributed by atoms with Crippen LogP contribution >= 0.6 is 0 Å². The summed E-state index contributed by atoms with van der Waals surface area (Å²) < 4.78 is 30.4. The largest absolute Gasteiger partial charge is 0.437 e. The van der Waals surface area contributed by atoms with Crippen LogP contribution < -0.4 is 0 Å². The van der Waals surface area contributed by atoms with Crippen molar-refractivity contribution in [1.29, 1.82) is 0 Å². The van der Waals surface area contributed by atoms with Crippen LogP contribution in [0.4, 0.5) is 0 Å². The molecule has 3 rings (SSSR count). The van der Waals surface area contributed by atoms with Gasteiger partial charge in [-0.1, -0.05) is 60.7 Å². The van der Waals surface area contributed by atoms with Crippen molar-refractivity contribution in [3.63, 3.8) is 0 Å². The molecule has 1 atom stereocenters. The second-order valence-corrected chi connectivity index (χ2v) is 7.60. The predicted molar refractivity (Wildman–Crippen MR) is 92.2 cm³/mol. The SMILES string of the molecule is CN([C@H]1OC(=O)C(c2ccccc2)=C1c1ccccc1)S(C)(=O)=O. The minimum Gasteiger partial charge on any atom is -0.437 e. The third-order valence-electron chi connectivity index (χ3n) is 3.94. The van der Waals surface area contributed by atoms with Crippen molar-refractivity contribution >= 4 is 27.1 Å². The molecule has 0 spiro atoms. The molecule has 6 heteroatoms. The monoisotopic (exact) mass is 343 g/mol. The number of esters is 1. The molecule has 0 saturated carbocycles. The summed E-state index contributed by atoms with van der Waals surface area (Å²) in [6, 6.07) is 18.3. The normalized spacial score (nSPS) is 18.1. The molecule has 0 aliphatic carbocycles. The molecule has 1 aliphatic rings. The zero-order valence-electron chi connectivity index (χ0n) is 13.3. The first-order chi connectivity index (χ1) is 11.4. The summed E-state index contributed by atoms with van der Waals surface area (Å²) in [6.07, 6.45) is 0.106. The van der Waals surface area contributed by atoms with E-state index in [-0.39, 0.29) is 0 Å². The van der Waals surface area contributed by atoms with Gasteiger partial charge in [-0.05, 0) is 11.1 Å². The molecule has 0 fully saturated rings. The fourth-order valence-electron chi connectivity index (χ4n) is 2.67. The van der Waals surface area contributed by atoms with E-state index in [0.717, 1.165) is 16.1 Å². The number of carbonyl (C=O) groups is 1. The summed E-state index contributed by atoms with van der Waals surface area (Å²) in [6.45, 7) is 0. The molecule has 2 aromatic carbocycles. The minimum absolute atomic E-state index is 0.391. The predicted octanol–water partition coefficient (Wildman–Crippen LogP) is 2.37. The Hall–Kier alpha value is -2.44. The molecule has 5 nitrogen and oxygen atoms in total. The van der Waals surface area contributed by atoms with Gasteiger partial charge in [0.1, 0.15) is 0 Å². The highest BCUT2D eigenvalue weighted by atomic mass is 32.2. The van der Waals surface area contributed by atoms with Gasteiger partial charge in [0, 0.05) is 12.6 Å². The third-order valence-corrected chi connectivity index (χ3v) is 5.18. The molecule has 0 radical (unpaired) electrons. The zero-order valence-corrected chi connectivity index (χ0v) is 14.2. The maximum atomic E-state index is 12.5. The number of benzene rings is 2. The quantitative estimate of drug-likeness (QED) is 0.800. The smallest absolute Gasteiger partial charge is 0.341 e. The maximum Gasteiger partial charge on any atom is 0.341 e. The molecule has 24 heavy (non-hydrogen) atoms. The van der Waals surface area contributed by atoms with E-state index in [9.17, 15) is 13.2 Å². The molecule has 1 heterocycles. The van der Waals surface area contributed by atoms with E-state index in [1.54, 1.807) is 0 Å². The van der Waals surface area contributed by atoms with Crippen molar-refractivity contribution in [1.82, 2.24) is 4.31 Å². The van der Waals surface area contributed by atoms with E-state index in [2.05, 4.69) is 0 Å². The summed E-state index contributed by atoms with van der Waals surface area (Å²) >= 11 is 0. The van der Waals surface area contributed by atoms with Crippen LogP contribution in [0.3, 0.4) is 0 Å². The van der Waals surface area contributed by atoms with Crippen LogP contribution in [-0.4, -0.2) is 38.2 Å². The average molecular weight is 343 g/mol.